The van der Waals surface area contributed by atoms with E-state index in [1.165, 1.54) is 12.8 Å². The maximum absolute atomic E-state index is 5.44. The molecule has 5 nitrogen and oxygen atoms in total. The number of hydrogen-bond acceptors (Lipinski definition) is 4. The summed E-state index contributed by atoms with van der Waals surface area (Å²) < 4.78 is 1.65. The number of hydrogen-bond donors (Lipinski definition) is 1. The first kappa shape index (κ1) is 5.64. The molecule has 1 aromatic rings. The predicted molar refractivity (Wildman–Crippen MR) is 35.0 cm³/mol. The van der Waals surface area contributed by atoms with Crippen molar-refractivity contribution in [2.24, 2.45) is 5.92 Å². The van der Waals surface area contributed by atoms with Gasteiger partial charge in [-0.05, 0) is 29.2 Å². The topological polar surface area (TPSA) is 69.6 Å². The highest BCUT2D eigenvalue weighted by atomic mass is 15.6. The van der Waals surface area contributed by atoms with Crippen molar-refractivity contribution in [3.05, 3.63) is 0 Å². The number of rotatable bonds is 2. The fourth-order valence-corrected chi connectivity index (χ4v) is 0.887. The minimum absolute atomic E-state index is 0.423. The van der Waals surface area contributed by atoms with Gasteiger partial charge in [0, 0.05) is 6.54 Å². The lowest BCUT2D eigenvalue weighted by Gasteiger charge is -1.95. The molecule has 1 fully saturated rings. The molecule has 0 aromatic carbocycles. The van der Waals surface area contributed by atoms with Crippen LogP contribution in [0.1, 0.15) is 12.8 Å². The summed E-state index contributed by atoms with van der Waals surface area (Å²) in [6, 6.07) is 0. The molecule has 0 atom stereocenters. The van der Waals surface area contributed by atoms with E-state index in [-0.39, 0.29) is 0 Å². The predicted octanol–water partition coefficient (Wildman–Crippen LogP) is -0.335. The van der Waals surface area contributed by atoms with Crippen LogP contribution >= 0.6 is 0 Å². The fourth-order valence-electron chi connectivity index (χ4n) is 0.887. The van der Waals surface area contributed by atoms with Crippen molar-refractivity contribution in [1.82, 2.24) is 20.2 Å². The lowest BCUT2D eigenvalue weighted by atomic mass is 10.4. The summed E-state index contributed by atoms with van der Waals surface area (Å²) in [6.07, 6.45) is 2.58. The number of tetrazole rings is 1. The van der Waals surface area contributed by atoms with E-state index in [2.05, 4.69) is 15.5 Å². The average Bonchev–Trinajstić information content (AvgIpc) is 2.62. The van der Waals surface area contributed by atoms with Crippen molar-refractivity contribution in [1.29, 1.82) is 0 Å². The highest BCUT2D eigenvalue weighted by Gasteiger charge is 2.22. The van der Waals surface area contributed by atoms with Crippen LogP contribution in [0.5, 0.6) is 0 Å². The number of aromatic nitrogens is 4. The largest absolute Gasteiger partial charge is 0.367 e. The molecule has 1 aromatic heterocycles. The molecular formula is C5H9N5. The van der Waals surface area contributed by atoms with Gasteiger partial charge < -0.3 is 5.73 Å². The van der Waals surface area contributed by atoms with Gasteiger partial charge in [-0.3, -0.25) is 0 Å². The van der Waals surface area contributed by atoms with Crippen LogP contribution in [-0.2, 0) is 6.54 Å². The third-order valence-electron chi connectivity index (χ3n) is 1.69. The van der Waals surface area contributed by atoms with E-state index in [4.69, 9.17) is 5.73 Å². The molecular weight excluding hydrogens is 130 g/mol. The summed E-state index contributed by atoms with van der Waals surface area (Å²) in [5.41, 5.74) is 5.44. The minimum Gasteiger partial charge on any atom is -0.367 e. The lowest BCUT2D eigenvalue weighted by molar-refractivity contribution is 0.550. The summed E-state index contributed by atoms with van der Waals surface area (Å²) in [4.78, 5) is 0. The molecule has 1 saturated carbocycles. The zero-order valence-electron chi connectivity index (χ0n) is 5.56. The Bertz CT molecular complexity index is 226. The molecule has 0 radical (unpaired) electrons. The van der Waals surface area contributed by atoms with Crippen molar-refractivity contribution >= 4 is 5.95 Å². The first-order valence-corrected chi connectivity index (χ1v) is 3.38. The van der Waals surface area contributed by atoms with Crippen molar-refractivity contribution in [3.8, 4) is 0 Å². The molecule has 1 heterocycles. The Morgan fingerprint density at radius 2 is 2.40 bits per heavy atom. The maximum Gasteiger partial charge on any atom is 0.240 e. The van der Waals surface area contributed by atoms with Crippen molar-refractivity contribution < 1.29 is 0 Å². The molecule has 5 heteroatoms. The standard InChI is InChI=1S/C5H9N5/c6-5-7-8-9-10(5)3-4-1-2-4/h4H,1-3H2,(H2,6,7,9). The second-order valence-electron chi connectivity index (χ2n) is 2.66. The highest BCUT2D eigenvalue weighted by molar-refractivity contribution is 5.10. The molecule has 0 amide bonds. The quantitative estimate of drug-likeness (QED) is 0.608. The monoisotopic (exact) mass is 139 g/mol. The maximum atomic E-state index is 5.44. The van der Waals surface area contributed by atoms with Crippen LogP contribution < -0.4 is 5.73 Å². The van der Waals surface area contributed by atoms with Crippen LogP contribution in [0.15, 0.2) is 0 Å². The molecule has 1 aliphatic carbocycles. The smallest absolute Gasteiger partial charge is 0.240 e. The van der Waals surface area contributed by atoms with Crippen molar-refractivity contribution in [2.45, 2.75) is 19.4 Å². The number of nitrogen functional groups attached to an aromatic ring is 1. The Labute approximate surface area is 58.2 Å². The zero-order chi connectivity index (χ0) is 6.97. The molecule has 2 N–H and O–H groups in total. The van der Waals surface area contributed by atoms with Gasteiger partial charge in [-0.1, -0.05) is 5.10 Å². The summed E-state index contributed by atoms with van der Waals surface area (Å²) >= 11 is 0. The van der Waals surface area contributed by atoms with Crippen LogP contribution in [-0.4, -0.2) is 20.2 Å². The molecule has 0 bridgehead atoms. The van der Waals surface area contributed by atoms with Crippen LogP contribution in [0, 0.1) is 5.92 Å². The molecule has 0 saturated heterocycles. The van der Waals surface area contributed by atoms with E-state index in [0.717, 1.165) is 12.5 Å². The van der Waals surface area contributed by atoms with Gasteiger partial charge in [0.05, 0.1) is 0 Å². The van der Waals surface area contributed by atoms with E-state index < -0.39 is 0 Å². The summed E-state index contributed by atoms with van der Waals surface area (Å²) in [7, 11) is 0. The van der Waals surface area contributed by atoms with Gasteiger partial charge in [0.1, 0.15) is 0 Å². The van der Waals surface area contributed by atoms with Gasteiger partial charge in [-0.2, -0.15) is 0 Å². The normalized spacial score (nSPS) is 17.6. The van der Waals surface area contributed by atoms with Crippen LogP contribution in [0.4, 0.5) is 5.95 Å². The Morgan fingerprint density at radius 3 is 2.90 bits per heavy atom. The molecule has 10 heavy (non-hydrogen) atoms. The molecule has 0 aliphatic heterocycles. The Kier molecular flexibility index (Phi) is 1.09. The van der Waals surface area contributed by atoms with Gasteiger partial charge in [0.25, 0.3) is 0 Å². The second kappa shape index (κ2) is 1.93. The van der Waals surface area contributed by atoms with Crippen LogP contribution in [0.25, 0.3) is 0 Å². The first-order chi connectivity index (χ1) is 4.86. The fraction of sp³-hybridized carbons (Fsp3) is 0.800. The number of anilines is 1. The molecule has 0 spiro atoms. The third kappa shape index (κ3) is 0.940. The summed E-state index contributed by atoms with van der Waals surface area (Å²) in [5.74, 6) is 1.19. The minimum atomic E-state index is 0.423. The Balaban J connectivity index is 2.08. The second-order valence-corrected chi connectivity index (χ2v) is 2.66. The zero-order valence-corrected chi connectivity index (χ0v) is 5.56. The van der Waals surface area contributed by atoms with Gasteiger partial charge in [0.2, 0.25) is 5.95 Å². The van der Waals surface area contributed by atoms with Crippen LogP contribution in [0.2, 0.25) is 0 Å². The summed E-state index contributed by atoms with van der Waals surface area (Å²) in [5, 5.41) is 10.7. The molecule has 2 rings (SSSR count). The van der Waals surface area contributed by atoms with Gasteiger partial charge >= 0.3 is 0 Å². The molecule has 0 unspecified atom stereocenters. The molecule has 1 aliphatic rings. The summed E-state index contributed by atoms with van der Waals surface area (Å²) in [6.45, 7) is 0.888. The number of nitrogens with zero attached hydrogens (tertiary/aromatic N) is 4. The van der Waals surface area contributed by atoms with Crippen molar-refractivity contribution in [2.75, 3.05) is 5.73 Å². The Hall–Kier alpha value is -1.13. The third-order valence-corrected chi connectivity index (χ3v) is 1.69. The van der Waals surface area contributed by atoms with E-state index in [0.29, 0.717) is 5.95 Å². The van der Waals surface area contributed by atoms with Gasteiger partial charge in [-0.25, -0.2) is 4.68 Å². The van der Waals surface area contributed by atoms with Gasteiger partial charge in [-0.15, -0.1) is 0 Å². The molecule has 54 valence electrons. The van der Waals surface area contributed by atoms with Crippen molar-refractivity contribution in [3.63, 3.8) is 0 Å². The average molecular weight is 139 g/mol. The number of nitrogens with two attached hydrogens (primary N) is 1. The van der Waals surface area contributed by atoms with Gasteiger partial charge in [0.15, 0.2) is 0 Å². The SMILES string of the molecule is Nc1nnnn1CC1CC1. The Morgan fingerprint density at radius 1 is 1.60 bits per heavy atom. The van der Waals surface area contributed by atoms with E-state index in [1.54, 1.807) is 4.68 Å². The highest BCUT2D eigenvalue weighted by Crippen LogP contribution is 2.30. The van der Waals surface area contributed by atoms with Crippen LogP contribution in [0.3, 0.4) is 0 Å². The lowest BCUT2D eigenvalue weighted by Crippen LogP contribution is -2.06. The van der Waals surface area contributed by atoms with E-state index in [9.17, 15) is 0 Å². The first-order valence-electron chi connectivity index (χ1n) is 3.38. The van der Waals surface area contributed by atoms with E-state index >= 15 is 0 Å². The van der Waals surface area contributed by atoms with E-state index in [1.807, 2.05) is 0 Å².